The lowest BCUT2D eigenvalue weighted by Gasteiger charge is -2.12. The molecular weight excluding hydrogens is 499 g/mol. The summed E-state index contributed by atoms with van der Waals surface area (Å²) in [5, 5.41) is 9.74. The Morgan fingerprint density at radius 2 is 1.64 bits per heavy atom. The number of aromatic nitrogens is 3. The van der Waals surface area contributed by atoms with E-state index < -0.39 is 28.8 Å². The van der Waals surface area contributed by atoms with Crippen LogP contribution >= 0.6 is 11.6 Å². The van der Waals surface area contributed by atoms with Gasteiger partial charge in [0, 0.05) is 29.8 Å². The van der Waals surface area contributed by atoms with Crippen LogP contribution in [0.5, 0.6) is 0 Å². The van der Waals surface area contributed by atoms with Crippen LogP contribution < -0.4 is 21.3 Å². The zero-order valence-corrected chi connectivity index (χ0v) is 19.4. The summed E-state index contributed by atoms with van der Waals surface area (Å²) < 4.78 is 40.9. The van der Waals surface area contributed by atoms with Crippen LogP contribution in [0.25, 0.3) is 16.7 Å². The van der Waals surface area contributed by atoms with Gasteiger partial charge in [-0.3, -0.25) is 9.88 Å². The first kappa shape index (κ1) is 24.8. The highest BCUT2D eigenvalue weighted by Crippen LogP contribution is 2.36. The number of amides is 4. The molecule has 2 heterocycles. The normalized spacial score (nSPS) is 11.2. The molecule has 2 aromatic carbocycles. The van der Waals surface area contributed by atoms with E-state index >= 15 is 0 Å². The van der Waals surface area contributed by atoms with Crippen LogP contribution in [0.1, 0.15) is 12.5 Å². The van der Waals surface area contributed by atoms with Gasteiger partial charge >= 0.3 is 18.2 Å². The summed E-state index contributed by atoms with van der Waals surface area (Å²) >= 11 is 5.60. The maximum Gasteiger partial charge on any atom is 0.417 e. The number of alkyl halides is 3. The Hall–Kier alpha value is -4.32. The predicted molar refractivity (Wildman–Crippen MR) is 131 cm³/mol. The molecule has 13 heteroatoms. The Balaban J connectivity index is 1.47. The van der Waals surface area contributed by atoms with Crippen molar-refractivity contribution in [3.05, 3.63) is 71.6 Å². The Labute approximate surface area is 207 Å². The van der Waals surface area contributed by atoms with E-state index in [2.05, 4.69) is 31.2 Å². The number of hydrogen-bond donors (Lipinski definition) is 4. The molecule has 0 bridgehead atoms. The molecule has 4 aromatic rings. The van der Waals surface area contributed by atoms with Crippen molar-refractivity contribution in [2.45, 2.75) is 13.1 Å². The molecule has 0 aliphatic heterocycles. The summed E-state index contributed by atoms with van der Waals surface area (Å²) in [6.45, 7) is 2.26. The molecule has 0 atom stereocenters. The van der Waals surface area contributed by atoms with E-state index in [1.54, 1.807) is 54.3 Å². The highest BCUT2D eigenvalue weighted by Gasteiger charge is 2.33. The third-order valence-corrected chi connectivity index (χ3v) is 5.30. The Bertz CT molecular complexity index is 1420. The average Bonchev–Trinajstić information content (AvgIpc) is 3.25. The molecule has 0 aliphatic rings. The summed E-state index contributed by atoms with van der Waals surface area (Å²) in [4.78, 5) is 32.7. The lowest BCUT2D eigenvalue weighted by atomic mass is 10.2. The number of anilines is 3. The van der Waals surface area contributed by atoms with Gasteiger partial charge in [0.1, 0.15) is 11.8 Å². The summed E-state index contributed by atoms with van der Waals surface area (Å²) in [6, 6.07) is 10.4. The van der Waals surface area contributed by atoms with Crippen molar-refractivity contribution in [2.24, 2.45) is 0 Å². The van der Waals surface area contributed by atoms with Crippen molar-refractivity contribution in [3.8, 4) is 5.69 Å². The molecule has 0 fully saturated rings. The van der Waals surface area contributed by atoms with Crippen LogP contribution in [-0.4, -0.2) is 33.1 Å². The molecule has 4 N–H and O–H groups in total. The predicted octanol–water partition coefficient (Wildman–Crippen LogP) is 5.88. The average molecular weight is 518 g/mol. The number of nitrogens with zero attached hydrogens (tertiary/aromatic N) is 3. The highest BCUT2D eigenvalue weighted by molar-refractivity contribution is 6.31. The van der Waals surface area contributed by atoms with Crippen LogP contribution in [0.2, 0.25) is 5.02 Å². The monoisotopic (exact) mass is 517 g/mol. The first-order valence-corrected chi connectivity index (χ1v) is 11.0. The summed E-state index contributed by atoms with van der Waals surface area (Å²) in [6.07, 6.45) is -1.53. The van der Waals surface area contributed by atoms with Crippen LogP contribution in [0.3, 0.4) is 0 Å². The van der Waals surface area contributed by atoms with E-state index in [0.717, 1.165) is 12.1 Å². The number of hydrogen-bond acceptors (Lipinski definition) is 4. The lowest BCUT2D eigenvalue weighted by molar-refractivity contribution is -0.137. The number of pyridine rings is 1. The maximum atomic E-state index is 13.0. The van der Waals surface area contributed by atoms with Gasteiger partial charge in [0.2, 0.25) is 0 Å². The molecule has 9 nitrogen and oxygen atoms in total. The van der Waals surface area contributed by atoms with Gasteiger partial charge in [-0.25, -0.2) is 19.6 Å². The minimum atomic E-state index is -4.65. The molecule has 4 amide bonds. The molecule has 0 radical (unpaired) electrons. The van der Waals surface area contributed by atoms with Crippen molar-refractivity contribution in [3.63, 3.8) is 0 Å². The minimum absolute atomic E-state index is 0.0589. The first-order chi connectivity index (χ1) is 17.2. The standard InChI is InChI=1S/C23H19ClF3N7O2/c1-2-28-21(35)33-20-19-18(9-10-29-20)34(12-30-19)15-6-3-13(4-7-15)31-22(36)32-14-5-8-17(24)16(11-14)23(25,26)27/h3-12H,2H2,1H3,(H2,31,32,36)(H2,28,29,33,35). The second-order valence-electron chi connectivity index (χ2n) is 7.44. The van der Waals surface area contributed by atoms with Gasteiger partial charge in [0.05, 0.1) is 16.1 Å². The molecular formula is C23H19ClF3N7O2. The van der Waals surface area contributed by atoms with Crippen molar-refractivity contribution in [1.82, 2.24) is 19.9 Å². The molecule has 0 spiro atoms. The van der Waals surface area contributed by atoms with Gasteiger partial charge in [0.15, 0.2) is 5.82 Å². The van der Waals surface area contributed by atoms with Gasteiger partial charge < -0.3 is 16.0 Å². The number of fused-ring (bicyclic) bond motifs is 1. The fourth-order valence-electron chi connectivity index (χ4n) is 3.37. The van der Waals surface area contributed by atoms with Crippen LogP contribution in [0, 0.1) is 0 Å². The van der Waals surface area contributed by atoms with Crippen molar-refractivity contribution < 1.29 is 22.8 Å². The van der Waals surface area contributed by atoms with Gasteiger partial charge in [-0.1, -0.05) is 11.6 Å². The summed E-state index contributed by atoms with van der Waals surface area (Å²) in [5.74, 6) is 0.308. The van der Waals surface area contributed by atoms with Crippen molar-refractivity contribution in [1.29, 1.82) is 0 Å². The second-order valence-corrected chi connectivity index (χ2v) is 7.85. The number of carbonyl (C=O) groups is 2. The number of nitrogens with one attached hydrogen (secondary N) is 4. The topological polar surface area (TPSA) is 113 Å². The Morgan fingerprint density at radius 1 is 0.944 bits per heavy atom. The van der Waals surface area contributed by atoms with E-state index in [4.69, 9.17) is 11.6 Å². The first-order valence-electron chi connectivity index (χ1n) is 10.6. The largest absolute Gasteiger partial charge is 0.417 e. The number of carbonyl (C=O) groups excluding carboxylic acids is 2. The van der Waals surface area contributed by atoms with E-state index in [-0.39, 0.29) is 5.69 Å². The number of urea groups is 2. The van der Waals surface area contributed by atoms with Crippen molar-refractivity contribution in [2.75, 3.05) is 22.5 Å². The fourth-order valence-corrected chi connectivity index (χ4v) is 3.60. The third-order valence-electron chi connectivity index (χ3n) is 4.97. The summed E-state index contributed by atoms with van der Waals surface area (Å²) in [7, 11) is 0. The maximum absolute atomic E-state index is 13.0. The lowest BCUT2D eigenvalue weighted by Crippen LogP contribution is -2.28. The molecule has 0 saturated carbocycles. The number of rotatable bonds is 5. The smallest absolute Gasteiger partial charge is 0.338 e. The van der Waals surface area contributed by atoms with Crippen LogP contribution in [0.4, 0.5) is 40.0 Å². The van der Waals surface area contributed by atoms with Crippen molar-refractivity contribution >= 4 is 51.9 Å². The van der Waals surface area contributed by atoms with E-state index in [0.29, 0.717) is 34.8 Å². The fraction of sp³-hybridized carbons (Fsp3) is 0.130. The Morgan fingerprint density at radius 3 is 2.33 bits per heavy atom. The quantitative estimate of drug-likeness (QED) is 0.265. The second kappa shape index (κ2) is 10.1. The number of halogens is 4. The zero-order valence-electron chi connectivity index (χ0n) is 18.7. The van der Waals surface area contributed by atoms with Gasteiger partial charge in [-0.2, -0.15) is 13.2 Å². The summed E-state index contributed by atoms with van der Waals surface area (Å²) in [5.41, 5.74) is 1.21. The highest BCUT2D eigenvalue weighted by atomic mass is 35.5. The molecule has 36 heavy (non-hydrogen) atoms. The number of imidazole rings is 1. The zero-order chi connectivity index (χ0) is 25.9. The van der Waals surface area contributed by atoms with Gasteiger partial charge in [0.25, 0.3) is 0 Å². The molecule has 4 rings (SSSR count). The SMILES string of the molecule is CCNC(=O)Nc1nccc2c1ncn2-c1ccc(NC(=O)Nc2ccc(Cl)c(C(F)(F)F)c2)cc1. The minimum Gasteiger partial charge on any atom is -0.338 e. The molecule has 186 valence electrons. The number of benzene rings is 2. The molecule has 0 aliphatic carbocycles. The Kier molecular flexibility index (Phi) is 6.97. The van der Waals surface area contributed by atoms with E-state index in [9.17, 15) is 22.8 Å². The molecule has 0 unspecified atom stereocenters. The van der Waals surface area contributed by atoms with Gasteiger partial charge in [-0.05, 0) is 55.5 Å². The third kappa shape index (κ3) is 5.49. The van der Waals surface area contributed by atoms with Crippen LogP contribution in [0.15, 0.2) is 61.1 Å². The van der Waals surface area contributed by atoms with Crippen LogP contribution in [-0.2, 0) is 6.18 Å². The van der Waals surface area contributed by atoms with E-state index in [1.165, 1.54) is 6.07 Å². The molecule has 2 aromatic heterocycles. The van der Waals surface area contributed by atoms with Gasteiger partial charge in [-0.15, -0.1) is 0 Å². The van der Waals surface area contributed by atoms with E-state index in [1.807, 2.05) is 0 Å². The molecule has 0 saturated heterocycles.